The van der Waals surface area contributed by atoms with Crippen molar-refractivity contribution in [2.45, 2.75) is 33.0 Å². The molecule has 0 aromatic heterocycles. The molecule has 1 aliphatic heterocycles. The molecule has 0 saturated carbocycles. The minimum atomic E-state index is -0.730. The fraction of sp³-hybridized carbons (Fsp3) is 0.455. The van der Waals surface area contributed by atoms with E-state index >= 15 is 0 Å². The monoisotopic (exact) mass is 205 g/mol. The Morgan fingerprint density at radius 1 is 1.53 bits per heavy atom. The number of fused-ring (bicyclic) bond motifs is 1. The summed E-state index contributed by atoms with van der Waals surface area (Å²) in [5, 5.41) is 12.8. The SMILES string of the molecule is CC(C)NCc1ccc2c(c1)COB2O. The molecule has 0 saturated heterocycles. The number of hydrogen-bond donors (Lipinski definition) is 2. The third-order valence-corrected chi connectivity index (χ3v) is 2.58. The molecule has 0 aliphatic carbocycles. The zero-order valence-corrected chi connectivity index (χ0v) is 9.16. The maximum Gasteiger partial charge on any atom is 0.491 e. The van der Waals surface area contributed by atoms with Crippen LogP contribution in [0.25, 0.3) is 0 Å². The van der Waals surface area contributed by atoms with Gasteiger partial charge in [0.25, 0.3) is 0 Å². The molecule has 1 aromatic rings. The van der Waals surface area contributed by atoms with Crippen molar-refractivity contribution in [2.24, 2.45) is 0 Å². The summed E-state index contributed by atoms with van der Waals surface area (Å²) < 4.78 is 5.14. The van der Waals surface area contributed by atoms with E-state index in [2.05, 4.69) is 25.2 Å². The number of benzene rings is 1. The van der Waals surface area contributed by atoms with Crippen LogP contribution in [-0.4, -0.2) is 18.2 Å². The van der Waals surface area contributed by atoms with E-state index in [0.29, 0.717) is 12.6 Å². The second-order valence-electron chi connectivity index (χ2n) is 4.23. The van der Waals surface area contributed by atoms with E-state index in [1.165, 1.54) is 5.56 Å². The minimum absolute atomic E-state index is 0.486. The Kier molecular flexibility index (Phi) is 3.10. The lowest BCUT2D eigenvalue weighted by Crippen LogP contribution is -2.28. The van der Waals surface area contributed by atoms with Gasteiger partial charge in [-0.2, -0.15) is 0 Å². The van der Waals surface area contributed by atoms with Crippen LogP contribution in [0.5, 0.6) is 0 Å². The first-order valence-electron chi connectivity index (χ1n) is 5.31. The summed E-state index contributed by atoms with van der Waals surface area (Å²) in [6.07, 6.45) is 0. The minimum Gasteiger partial charge on any atom is -0.423 e. The lowest BCUT2D eigenvalue weighted by molar-refractivity contribution is 0.275. The molecule has 0 bridgehead atoms. The van der Waals surface area contributed by atoms with Crippen molar-refractivity contribution in [3.05, 3.63) is 29.3 Å². The third-order valence-electron chi connectivity index (χ3n) is 2.58. The highest BCUT2D eigenvalue weighted by Crippen LogP contribution is 2.11. The van der Waals surface area contributed by atoms with Gasteiger partial charge >= 0.3 is 7.12 Å². The van der Waals surface area contributed by atoms with Crippen LogP contribution in [0.4, 0.5) is 0 Å². The van der Waals surface area contributed by atoms with E-state index in [4.69, 9.17) is 4.65 Å². The van der Waals surface area contributed by atoms with Crippen molar-refractivity contribution in [3.8, 4) is 0 Å². The lowest BCUT2D eigenvalue weighted by Gasteiger charge is -2.09. The summed E-state index contributed by atoms with van der Waals surface area (Å²) in [6, 6.07) is 6.57. The Labute approximate surface area is 90.6 Å². The zero-order valence-electron chi connectivity index (χ0n) is 9.16. The van der Waals surface area contributed by atoms with E-state index in [1.54, 1.807) is 0 Å². The number of hydrogen-bond acceptors (Lipinski definition) is 3. The van der Waals surface area contributed by atoms with Crippen molar-refractivity contribution >= 4 is 12.6 Å². The van der Waals surface area contributed by atoms with Crippen LogP contribution in [0.15, 0.2) is 18.2 Å². The van der Waals surface area contributed by atoms with Crippen molar-refractivity contribution < 1.29 is 9.68 Å². The van der Waals surface area contributed by atoms with Crippen LogP contribution >= 0.6 is 0 Å². The molecule has 0 radical (unpaired) electrons. The highest BCUT2D eigenvalue weighted by molar-refractivity contribution is 6.61. The first kappa shape index (κ1) is 10.7. The predicted octanol–water partition coefficient (Wildman–Crippen LogP) is 0.402. The molecule has 0 unspecified atom stereocenters. The quantitative estimate of drug-likeness (QED) is 0.702. The van der Waals surface area contributed by atoms with Crippen LogP contribution in [0.3, 0.4) is 0 Å². The topological polar surface area (TPSA) is 41.5 Å². The smallest absolute Gasteiger partial charge is 0.423 e. The molecule has 4 heteroatoms. The van der Waals surface area contributed by atoms with Crippen molar-refractivity contribution in [3.63, 3.8) is 0 Å². The van der Waals surface area contributed by atoms with E-state index in [-0.39, 0.29) is 0 Å². The summed E-state index contributed by atoms with van der Waals surface area (Å²) in [7, 11) is -0.730. The molecule has 1 aliphatic rings. The normalized spacial score (nSPS) is 14.8. The Bertz CT molecular complexity index is 354. The van der Waals surface area contributed by atoms with E-state index in [9.17, 15) is 5.02 Å². The van der Waals surface area contributed by atoms with Gasteiger partial charge in [-0.15, -0.1) is 0 Å². The van der Waals surface area contributed by atoms with Crippen LogP contribution in [0, 0.1) is 0 Å². The van der Waals surface area contributed by atoms with Gasteiger partial charge in [-0.25, -0.2) is 0 Å². The molecule has 3 nitrogen and oxygen atoms in total. The predicted molar refractivity (Wildman–Crippen MR) is 60.8 cm³/mol. The lowest BCUT2D eigenvalue weighted by atomic mass is 9.79. The molecule has 0 fully saturated rings. The van der Waals surface area contributed by atoms with Crippen LogP contribution in [0.1, 0.15) is 25.0 Å². The van der Waals surface area contributed by atoms with Gasteiger partial charge in [0, 0.05) is 12.6 Å². The fourth-order valence-electron chi connectivity index (χ4n) is 1.72. The zero-order chi connectivity index (χ0) is 10.8. The maximum atomic E-state index is 9.45. The maximum absolute atomic E-state index is 9.45. The average Bonchev–Trinajstić information content (AvgIpc) is 2.57. The van der Waals surface area contributed by atoms with Crippen molar-refractivity contribution in [1.29, 1.82) is 0 Å². The standard InChI is InChI=1S/C11H16BNO2/c1-8(2)13-6-9-3-4-11-10(5-9)7-15-12(11)14/h3-5,8,13-14H,6-7H2,1-2H3. The Balaban J connectivity index is 2.09. The van der Waals surface area contributed by atoms with Gasteiger partial charge < -0.3 is 15.0 Å². The van der Waals surface area contributed by atoms with Crippen LogP contribution in [0.2, 0.25) is 0 Å². The van der Waals surface area contributed by atoms with E-state index in [0.717, 1.165) is 17.6 Å². The second-order valence-corrected chi connectivity index (χ2v) is 4.23. The van der Waals surface area contributed by atoms with Crippen molar-refractivity contribution in [2.75, 3.05) is 0 Å². The van der Waals surface area contributed by atoms with Gasteiger partial charge in [-0.1, -0.05) is 32.0 Å². The number of nitrogens with one attached hydrogen (secondary N) is 1. The summed E-state index contributed by atoms with van der Waals surface area (Å²) in [5.74, 6) is 0. The molecular weight excluding hydrogens is 189 g/mol. The van der Waals surface area contributed by atoms with Crippen LogP contribution in [-0.2, 0) is 17.8 Å². The first-order valence-corrected chi connectivity index (χ1v) is 5.31. The molecular formula is C11H16BNO2. The molecule has 0 spiro atoms. The van der Waals surface area contributed by atoms with Gasteiger partial charge in [-0.3, -0.25) is 0 Å². The summed E-state index contributed by atoms with van der Waals surface area (Å²) in [4.78, 5) is 0. The van der Waals surface area contributed by atoms with Gasteiger partial charge in [0.1, 0.15) is 0 Å². The highest BCUT2D eigenvalue weighted by Gasteiger charge is 2.26. The molecule has 0 amide bonds. The van der Waals surface area contributed by atoms with Gasteiger partial charge in [0.15, 0.2) is 0 Å². The van der Waals surface area contributed by atoms with Gasteiger partial charge in [0.2, 0.25) is 0 Å². The molecule has 2 rings (SSSR count). The summed E-state index contributed by atoms with van der Waals surface area (Å²) in [5.41, 5.74) is 3.24. The summed E-state index contributed by atoms with van der Waals surface area (Å²) >= 11 is 0. The third kappa shape index (κ3) is 2.40. The van der Waals surface area contributed by atoms with Crippen LogP contribution < -0.4 is 10.8 Å². The van der Waals surface area contributed by atoms with Gasteiger partial charge in [0.05, 0.1) is 6.61 Å². The second kappa shape index (κ2) is 4.35. The average molecular weight is 205 g/mol. The Morgan fingerprint density at radius 2 is 2.33 bits per heavy atom. The molecule has 1 heterocycles. The Hall–Kier alpha value is -0.835. The molecule has 1 aromatic carbocycles. The largest absolute Gasteiger partial charge is 0.491 e. The molecule has 0 atom stereocenters. The number of rotatable bonds is 3. The highest BCUT2D eigenvalue weighted by atomic mass is 16.5. The molecule has 15 heavy (non-hydrogen) atoms. The first-order chi connectivity index (χ1) is 7.16. The van der Waals surface area contributed by atoms with E-state index < -0.39 is 7.12 Å². The Morgan fingerprint density at radius 3 is 3.07 bits per heavy atom. The molecule has 80 valence electrons. The summed E-state index contributed by atoms with van der Waals surface area (Å²) in [6.45, 7) is 5.63. The van der Waals surface area contributed by atoms with Crippen molar-refractivity contribution in [1.82, 2.24) is 5.32 Å². The van der Waals surface area contributed by atoms with E-state index in [1.807, 2.05) is 12.1 Å². The molecule has 2 N–H and O–H groups in total. The van der Waals surface area contributed by atoms with Gasteiger partial charge in [-0.05, 0) is 16.6 Å². The fourth-order valence-corrected chi connectivity index (χ4v) is 1.72.